The number of anilines is 1. The molecule has 1 heterocycles. The summed E-state index contributed by atoms with van der Waals surface area (Å²) >= 11 is 7.39. The Hall–Kier alpha value is -1.30. The van der Waals surface area contributed by atoms with E-state index in [1.54, 1.807) is 13.2 Å². The van der Waals surface area contributed by atoms with Crippen molar-refractivity contribution < 1.29 is 9.53 Å². The Morgan fingerprint density at radius 2 is 2.29 bits per heavy atom. The lowest BCUT2D eigenvalue weighted by Gasteiger charge is -2.12. The largest absolute Gasteiger partial charge is 0.397 e. The number of nitrogens with one attached hydrogen (secondary N) is 1. The summed E-state index contributed by atoms with van der Waals surface area (Å²) in [4.78, 5) is 13.0. The first-order valence-electron chi connectivity index (χ1n) is 6.89. The molecule has 0 bridgehead atoms. The van der Waals surface area contributed by atoms with Crippen LogP contribution in [0.25, 0.3) is 10.1 Å². The van der Waals surface area contributed by atoms with Crippen molar-refractivity contribution in [1.82, 2.24) is 5.32 Å². The number of benzene rings is 1. The van der Waals surface area contributed by atoms with Gasteiger partial charge in [-0.1, -0.05) is 11.6 Å². The zero-order valence-corrected chi connectivity index (χ0v) is 13.3. The molecule has 1 aliphatic carbocycles. The quantitative estimate of drug-likeness (QED) is 0.909. The van der Waals surface area contributed by atoms with Gasteiger partial charge in [0.1, 0.15) is 4.88 Å². The predicted octanol–water partition coefficient (Wildman–Crippen LogP) is 3.43. The Morgan fingerprint density at radius 3 is 3.00 bits per heavy atom. The molecule has 4 nitrogen and oxygen atoms in total. The number of thiophene rings is 1. The van der Waals surface area contributed by atoms with E-state index < -0.39 is 0 Å². The van der Waals surface area contributed by atoms with Crippen molar-refractivity contribution in [2.75, 3.05) is 12.8 Å². The van der Waals surface area contributed by atoms with Gasteiger partial charge in [0.05, 0.1) is 11.8 Å². The van der Waals surface area contributed by atoms with Gasteiger partial charge in [-0.05, 0) is 37.5 Å². The van der Waals surface area contributed by atoms with Gasteiger partial charge in [0, 0.05) is 28.3 Å². The van der Waals surface area contributed by atoms with Crippen molar-refractivity contribution in [3.05, 3.63) is 28.1 Å². The zero-order valence-electron chi connectivity index (χ0n) is 11.7. The summed E-state index contributed by atoms with van der Waals surface area (Å²) in [5.41, 5.74) is 6.61. The summed E-state index contributed by atoms with van der Waals surface area (Å²) in [6.45, 7) is 0. The highest BCUT2D eigenvalue weighted by atomic mass is 35.5. The Kier molecular flexibility index (Phi) is 4.06. The van der Waals surface area contributed by atoms with Crippen LogP contribution in [0.1, 0.15) is 28.9 Å². The molecule has 2 atom stereocenters. The molecule has 1 amide bonds. The number of methoxy groups -OCH3 is 1. The van der Waals surface area contributed by atoms with E-state index in [9.17, 15) is 4.79 Å². The topological polar surface area (TPSA) is 64.3 Å². The summed E-state index contributed by atoms with van der Waals surface area (Å²) in [6.07, 6.45) is 3.03. The second-order valence-electron chi connectivity index (χ2n) is 5.33. The number of hydrogen-bond donors (Lipinski definition) is 2. The third kappa shape index (κ3) is 2.86. The number of fused-ring (bicyclic) bond motifs is 1. The number of carbonyl (C=O) groups excluding carboxylic acids is 1. The lowest BCUT2D eigenvalue weighted by molar-refractivity contribution is 0.0919. The van der Waals surface area contributed by atoms with E-state index in [0.29, 0.717) is 15.6 Å². The maximum Gasteiger partial charge on any atom is 0.263 e. The molecular weight excluding hydrogens is 308 g/mol. The van der Waals surface area contributed by atoms with E-state index in [1.807, 2.05) is 12.1 Å². The standard InChI is InChI=1S/C15H17ClN2O2S/c1-20-10-4-3-9(7-10)18-15(19)14-13(17)11-6-8(16)2-5-12(11)21-14/h2,5-6,9-10H,3-4,7,17H2,1H3,(H,18,19). The van der Waals surface area contributed by atoms with Crippen LogP contribution in [0.15, 0.2) is 18.2 Å². The van der Waals surface area contributed by atoms with Crippen LogP contribution < -0.4 is 11.1 Å². The van der Waals surface area contributed by atoms with Crippen LogP contribution in [-0.2, 0) is 4.74 Å². The number of halogens is 1. The van der Waals surface area contributed by atoms with Gasteiger partial charge in [-0.25, -0.2) is 0 Å². The van der Waals surface area contributed by atoms with E-state index in [1.165, 1.54) is 11.3 Å². The van der Waals surface area contributed by atoms with Crippen LogP contribution in [0, 0.1) is 0 Å². The van der Waals surface area contributed by atoms with Gasteiger partial charge in [-0.3, -0.25) is 4.79 Å². The maximum atomic E-state index is 12.4. The van der Waals surface area contributed by atoms with Crippen LogP contribution in [-0.4, -0.2) is 25.2 Å². The van der Waals surface area contributed by atoms with Crippen molar-refractivity contribution in [3.63, 3.8) is 0 Å². The first-order chi connectivity index (χ1) is 10.1. The normalized spacial score (nSPS) is 21.8. The Bertz CT molecular complexity index is 686. The zero-order chi connectivity index (χ0) is 15.0. The first kappa shape index (κ1) is 14.6. The maximum absolute atomic E-state index is 12.4. The lowest BCUT2D eigenvalue weighted by atomic mass is 10.2. The van der Waals surface area contributed by atoms with Crippen LogP contribution in [0.3, 0.4) is 0 Å². The highest BCUT2D eigenvalue weighted by molar-refractivity contribution is 7.21. The molecule has 1 aromatic carbocycles. The van der Waals surface area contributed by atoms with Gasteiger partial charge in [0.15, 0.2) is 0 Å². The van der Waals surface area contributed by atoms with Gasteiger partial charge in [-0.2, -0.15) is 0 Å². The van der Waals surface area contributed by atoms with E-state index in [4.69, 9.17) is 22.1 Å². The summed E-state index contributed by atoms with van der Waals surface area (Å²) in [7, 11) is 1.71. The molecule has 1 aromatic heterocycles. The number of ether oxygens (including phenoxy) is 1. The first-order valence-corrected chi connectivity index (χ1v) is 8.09. The minimum Gasteiger partial charge on any atom is -0.397 e. The molecule has 21 heavy (non-hydrogen) atoms. The molecule has 2 aromatic rings. The molecule has 2 unspecified atom stereocenters. The second kappa shape index (κ2) is 5.83. The SMILES string of the molecule is COC1CCC(NC(=O)c2sc3ccc(Cl)cc3c2N)C1. The number of carbonyl (C=O) groups is 1. The number of hydrogen-bond acceptors (Lipinski definition) is 4. The number of rotatable bonds is 3. The molecule has 0 radical (unpaired) electrons. The minimum absolute atomic E-state index is 0.105. The van der Waals surface area contributed by atoms with Gasteiger partial charge >= 0.3 is 0 Å². The smallest absolute Gasteiger partial charge is 0.263 e. The molecule has 0 aliphatic heterocycles. The molecule has 3 N–H and O–H groups in total. The molecule has 3 rings (SSSR count). The number of amides is 1. The molecule has 0 spiro atoms. The second-order valence-corrected chi connectivity index (χ2v) is 6.82. The molecule has 0 saturated heterocycles. The van der Waals surface area contributed by atoms with Gasteiger partial charge in [-0.15, -0.1) is 11.3 Å². The molecule has 1 saturated carbocycles. The third-order valence-electron chi connectivity index (χ3n) is 3.95. The summed E-state index contributed by atoms with van der Waals surface area (Å²) in [5.74, 6) is -0.105. The van der Waals surface area contributed by atoms with Crippen molar-refractivity contribution in [2.24, 2.45) is 0 Å². The van der Waals surface area contributed by atoms with Crippen LogP contribution >= 0.6 is 22.9 Å². The van der Waals surface area contributed by atoms with Crippen LogP contribution in [0.2, 0.25) is 5.02 Å². The predicted molar refractivity (Wildman–Crippen MR) is 87.1 cm³/mol. The summed E-state index contributed by atoms with van der Waals surface area (Å²) in [6, 6.07) is 5.67. The van der Waals surface area contributed by atoms with Gasteiger partial charge < -0.3 is 15.8 Å². The fraction of sp³-hybridized carbons (Fsp3) is 0.400. The fourth-order valence-electron chi connectivity index (χ4n) is 2.79. The van der Waals surface area contributed by atoms with Crippen molar-refractivity contribution in [3.8, 4) is 0 Å². The average molecular weight is 325 g/mol. The van der Waals surface area contributed by atoms with Gasteiger partial charge in [0.2, 0.25) is 0 Å². The van der Waals surface area contributed by atoms with E-state index in [0.717, 1.165) is 29.3 Å². The van der Waals surface area contributed by atoms with Crippen molar-refractivity contribution in [1.29, 1.82) is 0 Å². The number of nitrogen functional groups attached to an aromatic ring is 1. The van der Waals surface area contributed by atoms with E-state index in [2.05, 4.69) is 5.32 Å². The van der Waals surface area contributed by atoms with E-state index >= 15 is 0 Å². The molecule has 112 valence electrons. The van der Waals surface area contributed by atoms with Crippen molar-refractivity contribution in [2.45, 2.75) is 31.4 Å². The molecule has 1 fully saturated rings. The highest BCUT2D eigenvalue weighted by Crippen LogP contribution is 2.35. The number of nitrogens with two attached hydrogens (primary N) is 1. The fourth-order valence-corrected chi connectivity index (χ4v) is 3.97. The van der Waals surface area contributed by atoms with Gasteiger partial charge in [0.25, 0.3) is 5.91 Å². The third-order valence-corrected chi connectivity index (χ3v) is 5.37. The molecule has 6 heteroatoms. The Balaban J connectivity index is 1.80. The summed E-state index contributed by atoms with van der Waals surface area (Å²) < 4.78 is 6.30. The van der Waals surface area contributed by atoms with Crippen LogP contribution in [0.4, 0.5) is 5.69 Å². The lowest BCUT2D eigenvalue weighted by Crippen LogP contribution is -2.33. The minimum atomic E-state index is -0.105. The summed E-state index contributed by atoms with van der Waals surface area (Å²) in [5, 5.41) is 4.52. The molecular formula is C15H17ClN2O2S. The van der Waals surface area contributed by atoms with Crippen molar-refractivity contribution >= 4 is 44.6 Å². The average Bonchev–Trinajstić information content (AvgIpc) is 3.04. The Labute approximate surface area is 132 Å². The molecule has 1 aliphatic rings. The van der Waals surface area contributed by atoms with Crippen LogP contribution in [0.5, 0.6) is 0 Å². The monoisotopic (exact) mass is 324 g/mol. The Morgan fingerprint density at radius 1 is 1.48 bits per heavy atom. The highest BCUT2D eigenvalue weighted by Gasteiger charge is 2.27. The van der Waals surface area contributed by atoms with E-state index in [-0.39, 0.29) is 18.1 Å².